The summed E-state index contributed by atoms with van der Waals surface area (Å²) in [6.45, 7) is 6.04. The summed E-state index contributed by atoms with van der Waals surface area (Å²) in [6.07, 6.45) is 3.99. The summed E-state index contributed by atoms with van der Waals surface area (Å²) in [7, 11) is 0. The first-order chi connectivity index (χ1) is 7.61. The van der Waals surface area contributed by atoms with E-state index in [9.17, 15) is 5.11 Å². The van der Waals surface area contributed by atoms with Gasteiger partial charge >= 0.3 is 0 Å². The lowest BCUT2D eigenvalue weighted by atomic mass is 9.89. The molecule has 1 fully saturated rings. The molecule has 0 amide bonds. The highest BCUT2D eigenvalue weighted by atomic mass is 16.5. The Hall–Kier alpha value is -1.18. The molecule has 3 rings (SSSR count). The standard InChI is InChI=1S/C14H18O2/c1-7-8(2)14-12(9(3)13(7)15)10-5-4-6-11(10)16-14/h10-11,15H,4-6H2,1-3H3. The Balaban J connectivity index is 2.25. The van der Waals surface area contributed by atoms with Crippen LogP contribution in [-0.4, -0.2) is 11.2 Å². The summed E-state index contributed by atoms with van der Waals surface area (Å²) in [5, 5.41) is 10.1. The van der Waals surface area contributed by atoms with E-state index in [1.165, 1.54) is 18.4 Å². The first-order valence-corrected chi connectivity index (χ1v) is 6.10. The molecule has 2 nitrogen and oxygen atoms in total. The molecule has 2 heteroatoms. The number of ether oxygens (including phenoxy) is 1. The summed E-state index contributed by atoms with van der Waals surface area (Å²) in [6, 6.07) is 0. The van der Waals surface area contributed by atoms with Crippen molar-refractivity contribution in [2.45, 2.75) is 52.1 Å². The molecule has 1 heterocycles. The molecule has 0 saturated heterocycles. The predicted molar refractivity (Wildman–Crippen MR) is 63.3 cm³/mol. The molecule has 2 unspecified atom stereocenters. The van der Waals surface area contributed by atoms with Crippen LogP contribution in [0.15, 0.2) is 0 Å². The van der Waals surface area contributed by atoms with E-state index < -0.39 is 0 Å². The molecule has 1 aliphatic carbocycles. The molecule has 1 saturated carbocycles. The Morgan fingerprint density at radius 2 is 1.81 bits per heavy atom. The molecular formula is C14H18O2. The van der Waals surface area contributed by atoms with Gasteiger partial charge in [0.05, 0.1) is 0 Å². The molecule has 0 spiro atoms. The number of rotatable bonds is 0. The molecule has 1 aromatic rings. The van der Waals surface area contributed by atoms with Crippen LogP contribution < -0.4 is 4.74 Å². The minimum Gasteiger partial charge on any atom is -0.507 e. The summed E-state index contributed by atoms with van der Waals surface area (Å²) in [5.41, 5.74) is 4.40. The highest BCUT2D eigenvalue weighted by molar-refractivity contribution is 5.60. The van der Waals surface area contributed by atoms with Crippen LogP contribution in [-0.2, 0) is 0 Å². The Labute approximate surface area is 96.2 Å². The minimum atomic E-state index is 0.369. The van der Waals surface area contributed by atoms with Gasteiger partial charge in [0.1, 0.15) is 17.6 Å². The molecule has 16 heavy (non-hydrogen) atoms. The fourth-order valence-corrected chi connectivity index (χ4v) is 3.28. The molecule has 1 aliphatic heterocycles. The zero-order chi connectivity index (χ0) is 11.4. The van der Waals surface area contributed by atoms with Crippen LogP contribution >= 0.6 is 0 Å². The van der Waals surface area contributed by atoms with Crippen molar-refractivity contribution in [1.29, 1.82) is 0 Å². The number of benzene rings is 1. The van der Waals surface area contributed by atoms with Crippen molar-refractivity contribution >= 4 is 0 Å². The average molecular weight is 218 g/mol. The molecule has 1 aromatic carbocycles. The smallest absolute Gasteiger partial charge is 0.127 e. The van der Waals surface area contributed by atoms with Crippen LogP contribution in [0.3, 0.4) is 0 Å². The Morgan fingerprint density at radius 3 is 2.56 bits per heavy atom. The molecule has 0 aromatic heterocycles. The van der Waals surface area contributed by atoms with Crippen molar-refractivity contribution in [2.75, 3.05) is 0 Å². The molecule has 2 atom stereocenters. The number of phenols is 1. The third-order valence-corrected chi connectivity index (χ3v) is 4.35. The number of phenolic OH excluding ortho intramolecular Hbond substituents is 1. The number of fused-ring (bicyclic) bond motifs is 3. The zero-order valence-corrected chi connectivity index (χ0v) is 10.1. The topological polar surface area (TPSA) is 29.5 Å². The highest BCUT2D eigenvalue weighted by Crippen LogP contribution is 2.52. The van der Waals surface area contributed by atoms with Crippen LogP contribution in [0.25, 0.3) is 0 Å². The Morgan fingerprint density at radius 1 is 1.06 bits per heavy atom. The predicted octanol–water partition coefficient (Wildman–Crippen LogP) is 3.35. The second-order valence-corrected chi connectivity index (χ2v) is 5.16. The Kier molecular flexibility index (Phi) is 1.97. The largest absolute Gasteiger partial charge is 0.507 e. The van der Waals surface area contributed by atoms with Crippen LogP contribution in [0.4, 0.5) is 0 Å². The average Bonchev–Trinajstić information content (AvgIpc) is 2.82. The Bertz CT molecular complexity index is 463. The van der Waals surface area contributed by atoms with Crippen LogP contribution in [0.2, 0.25) is 0 Å². The van der Waals surface area contributed by atoms with Gasteiger partial charge in [-0.05, 0) is 56.7 Å². The van der Waals surface area contributed by atoms with Crippen molar-refractivity contribution < 1.29 is 9.84 Å². The van der Waals surface area contributed by atoms with Crippen molar-refractivity contribution in [3.05, 3.63) is 22.3 Å². The molecule has 0 radical (unpaired) electrons. The van der Waals surface area contributed by atoms with Gasteiger partial charge in [0.25, 0.3) is 0 Å². The minimum absolute atomic E-state index is 0.369. The van der Waals surface area contributed by atoms with Gasteiger partial charge in [-0.1, -0.05) is 0 Å². The second-order valence-electron chi connectivity index (χ2n) is 5.16. The van der Waals surface area contributed by atoms with E-state index in [-0.39, 0.29) is 0 Å². The van der Waals surface area contributed by atoms with Crippen LogP contribution in [0.5, 0.6) is 11.5 Å². The lowest BCUT2D eigenvalue weighted by Gasteiger charge is -2.14. The molecule has 86 valence electrons. The maximum Gasteiger partial charge on any atom is 0.127 e. The van der Waals surface area contributed by atoms with Gasteiger partial charge in [0, 0.05) is 11.5 Å². The van der Waals surface area contributed by atoms with Gasteiger partial charge in [0.2, 0.25) is 0 Å². The van der Waals surface area contributed by atoms with Gasteiger partial charge in [-0.25, -0.2) is 0 Å². The van der Waals surface area contributed by atoms with Gasteiger partial charge in [0.15, 0.2) is 0 Å². The first-order valence-electron chi connectivity index (χ1n) is 6.10. The summed E-state index contributed by atoms with van der Waals surface area (Å²) >= 11 is 0. The van der Waals surface area contributed by atoms with E-state index >= 15 is 0 Å². The lowest BCUT2D eigenvalue weighted by Crippen LogP contribution is -2.11. The van der Waals surface area contributed by atoms with E-state index in [1.807, 2.05) is 20.8 Å². The molecule has 2 aliphatic rings. The molecule has 0 bridgehead atoms. The monoisotopic (exact) mass is 218 g/mol. The van der Waals surface area contributed by atoms with Crippen molar-refractivity contribution in [1.82, 2.24) is 0 Å². The summed E-state index contributed by atoms with van der Waals surface area (Å²) in [4.78, 5) is 0. The van der Waals surface area contributed by atoms with Crippen molar-refractivity contribution in [2.24, 2.45) is 0 Å². The third kappa shape index (κ3) is 1.07. The normalized spacial score (nSPS) is 26.4. The number of hydrogen-bond donors (Lipinski definition) is 1. The number of aromatic hydroxyl groups is 1. The number of hydrogen-bond acceptors (Lipinski definition) is 2. The van der Waals surface area contributed by atoms with Gasteiger partial charge < -0.3 is 9.84 Å². The van der Waals surface area contributed by atoms with Gasteiger partial charge in [-0.2, -0.15) is 0 Å². The fraction of sp³-hybridized carbons (Fsp3) is 0.571. The van der Waals surface area contributed by atoms with E-state index in [0.717, 1.165) is 28.9 Å². The summed E-state index contributed by atoms with van der Waals surface area (Å²) in [5.74, 6) is 2.05. The van der Waals surface area contributed by atoms with Gasteiger partial charge in [-0.15, -0.1) is 0 Å². The zero-order valence-electron chi connectivity index (χ0n) is 10.1. The van der Waals surface area contributed by atoms with E-state index in [2.05, 4.69) is 0 Å². The SMILES string of the molecule is Cc1c(C)c2c(c(C)c1O)C1CCCC1O2. The van der Waals surface area contributed by atoms with Crippen LogP contribution in [0, 0.1) is 20.8 Å². The second kappa shape index (κ2) is 3.16. The highest BCUT2D eigenvalue weighted by Gasteiger charge is 2.40. The summed E-state index contributed by atoms with van der Waals surface area (Å²) < 4.78 is 6.07. The maximum absolute atomic E-state index is 10.1. The fourth-order valence-electron chi connectivity index (χ4n) is 3.28. The first kappa shape index (κ1) is 10.0. The maximum atomic E-state index is 10.1. The van der Waals surface area contributed by atoms with E-state index in [1.54, 1.807) is 0 Å². The molecular weight excluding hydrogens is 200 g/mol. The molecule has 1 N–H and O–H groups in total. The van der Waals surface area contributed by atoms with E-state index in [0.29, 0.717) is 17.8 Å². The quantitative estimate of drug-likeness (QED) is 0.723. The lowest BCUT2D eigenvalue weighted by molar-refractivity contribution is 0.224. The van der Waals surface area contributed by atoms with Gasteiger partial charge in [-0.3, -0.25) is 0 Å². The van der Waals surface area contributed by atoms with Crippen LogP contribution in [0.1, 0.15) is 47.4 Å². The van der Waals surface area contributed by atoms with E-state index in [4.69, 9.17) is 4.74 Å². The van der Waals surface area contributed by atoms with Crippen molar-refractivity contribution in [3.63, 3.8) is 0 Å². The third-order valence-electron chi connectivity index (χ3n) is 4.35. The van der Waals surface area contributed by atoms with Crippen molar-refractivity contribution in [3.8, 4) is 11.5 Å².